The number of benzene rings is 1. The van der Waals surface area contributed by atoms with Crippen molar-refractivity contribution < 1.29 is 0 Å². The molecule has 17 heavy (non-hydrogen) atoms. The van der Waals surface area contributed by atoms with Gasteiger partial charge in [0.25, 0.3) is 0 Å². The number of hydrogen-bond donors (Lipinski definition) is 2. The number of nitrogens with two attached hydrogens (primary N) is 1. The molecule has 2 aromatic rings. The summed E-state index contributed by atoms with van der Waals surface area (Å²) in [4.78, 5) is 8.19. The Morgan fingerprint density at radius 1 is 1.06 bits per heavy atom. The number of nitrogens with one attached hydrogen (secondary N) is 1. The standard InChI is InChI=1S/C13H16N4/c1-8-4-5-11(9(2)6-8)16-12-7-10(3)15-13(14)17-12/h4-7H,1-3H3,(H3,14,15,16,17). The molecule has 0 fully saturated rings. The predicted molar refractivity (Wildman–Crippen MR) is 70.4 cm³/mol. The topological polar surface area (TPSA) is 63.8 Å². The molecule has 4 nitrogen and oxygen atoms in total. The van der Waals surface area contributed by atoms with Crippen molar-refractivity contribution in [1.82, 2.24) is 9.97 Å². The molecule has 1 aromatic carbocycles. The van der Waals surface area contributed by atoms with Crippen LogP contribution < -0.4 is 11.1 Å². The van der Waals surface area contributed by atoms with Gasteiger partial charge in [0.05, 0.1) is 0 Å². The van der Waals surface area contributed by atoms with Crippen molar-refractivity contribution in [3.63, 3.8) is 0 Å². The highest BCUT2D eigenvalue weighted by Crippen LogP contribution is 2.20. The molecule has 0 saturated heterocycles. The van der Waals surface area contributed by atoms with Crippen molar-refractivity contribution in [2.75, 3.05) is 11.1 Å². The fourth-order valence-electron chi connectivity index (χ4n) is 1.75. The first-order valence-corrected chi connectivity index (χ1v) is 5.50. The van der Waals surface area contributed by atoms with Gasteiger partial charge in [-0.3, -0.25) is 0 Å². The third-order valence-electron chi connectivity index (χ3n) is 2.52. The largest absolute Gasteiger partial charge is 0.368 e. The number of anilines is 3. The molecule has 0 unspecified atom stereocenters. The molecular formula is C13H16N4. The lowest BCUT2D eigenvalue weighted by molar-refractivity contribution is 1.12. The third kappa shape index (κ3) is 2.72. The fourth-order valence-corrected chi connectivity index (χ4v) is 1.75. The summed E-state index contributed by atoms with van der Waals surface area (Å²) in [6, 6.07) is 8.10. The smallest absolute Gasteiger partial charge is 0.222 e. The summed E-state index contributed by atoms with van der Waals surface area (Å²) in [5, 5.41) is 3.25. The van der Waals surface area contributed by atoms with E-state index < -0.39 is 0 Å². The van der Waals surface area contributed by atoms with Crippen LogP contribution in [0.25, 0.3) is 0 Å². The summed E-state index contributed by atoms with van der Waals surface area (Å²) in [5.74, 6) is 1.01. The number of hydrogen-bond acceptors (Lipinski definition) is 4. The molecule has 0 aliphatic rings. The first kappa shape index (κ1) is 11.4. The minimum absolute atomic E-state index is 0.289. The Hall–Kier alpha value is -2.10. The highest BCUT2D eigenvalue weighted by Gasteiger charge is 2.02. The second kappa shape index (κ2) is 4.41. The van der Waals surface area contributed by atoms with E-state index in [4.69, 9.17) is 5.73 Å². The Balaban J connectivity index is 2.31. The van der Waals surface area contributed by atoms with Crippen LogP contribution in [0.3, 0.4) is 0 Å². The van der Waals surface area contributed by atoms with E-state index in [0.29, 0.717) is 0 Å². The van der Waals surface area contributed by atoms with Crippen LogP contribution >= 0.6 is 0 Å². The van der Waals surface area contributed by atoms with E-state index in [9.17, 15) is 0 Å². The van der Waals surface area contributed by atoms with Gasteiger partial charge < -0.3 is 11.1 Å². The van der Waals surface area contributed by atoms with Gasteiger partial charge >= 0.3 is 0 Å². The van der Waals surface area contributed by atoms with E-state index in [-0.39, 0.29) is 5.95 Å². The molecule has 0 spiro atoms. The lowest BCUT2D eigenvalue weighted by atomic mass is 10.1. The molecular weight excluding hydrogens is 212 g/mol. The fraction of sp³-hybridized carbons (Fsp3) is 0.231. The predicted octanol–water partition coefficient (Wildman–Crippen LogP) is 2.73. The first-order valence-electron chi connectivity index (χ1n) is 5.50. The molecule has 0 aliphatic carbocycles. The second-order valence-electron chi connectivity index (χ2n) is 4.20. The first-order chi connectivity index (χ1) is 8.04. The van der Waals surface area contributed by atoms with Gasteiger partial charge in [0.1, 0.15) is 5.82 Å². The van der Waals surface area contributed by atoms with Crippen molar-refractivity contribution in [1.29, 1.82) is 0 Å². The van der Waals surface area contributed by atoms with Gasteiger partial charge in [-0.05, 0) is 32.4 Å². The summed E-state index contributed by atoms with van der Waals surface area (Å²) in [5.41, 5.74) is 9.92. The maximum atomic E-state index is 5.61. The van der Waals surface area contributed by atoms with Gasteiger partial charge in [0.2, 0.25) is 5.95 Å². The van der Waals surface area contributed by atoms with E-state index in [1.807, 2.05) is 19.1 Å². The van der Waals surface area contributed by atoms with Gasteiger partial charge in [0, 0.05) is 17.4 Å². The van der Waals surface area contributed by atoms with Crippen LogP contribution in [0.15, 0.2) is 24.3 Å². The monoisotopic (exact) mass is 228 g/mol. The van der Waals surface area contributed by atoms with E-state index in [0.717, 1.165) is 17.2 Å². The summed E-state index contributed by atoms with van der Waals surface area (Å²) in [7, 11) is 0. The Kier molecular flexibility index (Phi) is 2.95. The minimum atomic E-state index is 0.289. The van der Waals surface area contributed by atoms with Crippen LogP contribution in [0.5, 0.6) is 0 Å². The summed E-state index contributed by atoms with van der Waals surface area (Å²) >= 11 is 0. The van der Waals surface area contributed by atoms with Gasteiger partial charge in [-0.1, -0.05) is 17.7 Å². The maximum absolute atomic E-state index is 5.61. The van der Waals surface area contributed by atoms with Gasteiger partial charge in [-0.15, -0.1) is 0 Å². The molecule has 0 radical (unpaired) electrons. The van der Waals surface area contributed by atoms with E-state index in [1.165, 1.54) is 11.1 Å². The molecule has 0 atom stereocenters. The maximum Gasteiger partial charge on any atom is 0.222 e. The van der Waals surface area contributed by atoms with Crippen LogP contribution in [0.2, 0.25) is 0 Å². The highest BCUT2D eigenvalue weighted by molar-refractivity contribution is 5.61. The highest BCUT2D eigenvalue weighted by atomic mass is 15.1. The van der Waals surface area contributed by atoms with E-state index >= 15 is 0 Å². The molecule has 2 rings (SSSR count). The third-order valence-corrected chi connectivity index (χ3v) is 2.52. The average Bonchev–Trinajstić information content (AvgIpc) is 2.21. The lowest BCUT2D eigenvalue weighted by Crippen LogP contribution is -2.02. The van der Waals surface area contributed by atoms with Crippen molar-refractivity contribution >= 4 is 17.5 Å². The molecule has 88 valence electrons. The number of nitrogen functional groups attached to an aromatic ring is 1. The molecule has 0 amide bonds. The van der Waals surface area contributed by atoms with E-state index in [1.54, 1.807) is 0 Å². The minimum Gasteiger partial charge on any atom is -0.368 e. The van der Waals surface area contributed by atoms with Crippen LogP contribution in [0.1, 0.15) is 16.8 Å². The molecule has 1 aromatic heterocycles. The van der Waals surface area contributed by atoms with Gasteiger partial charge in [-0.25, -0.2) is 4.98 Å². The van der Waals surface area contributed by atoms with Crippen LogP contribution in [-0.4, -0.2) is 9.97 Å². The normalized spacial score (nSPS) is 10.3. The molecule has 0 saturated carbocycles. The van der Waals surface area contributed by atoms with Crippen molar-refractivity contribution in [3.8, 4) is 0 Å². The molecule has 1 heterocycles. The molecule has 4 heteroatoms. The van der Waals surface area contributed by atoms with Crippen molar-refractivity contribution in [2.45, 2.75) is 20.8 Å². The van der Waals surface area contributed by atoms with Crippen LogP contribution in [0.4, 0.5) is 17.5 Å². The Bertz CT molecular complexity index is 529. The Labute approximate surface area is 101 Å². The number of nitrogens with zero attached hydrogens (tertiary/aromatic N) is 2. The summed E-state index contributed by atoms with van der Waals surface area (Å²) < 4.78 is 0. The van der Waals surface area contributed by atoms with Gasteiger partial charge in [-0.2, -0.15) is 4.98 Å². The van der Waals surface area contributed by atoms with Gasteiger partial charge in [0.15, 0.2) is 0 Å². The SMILES string of the molecule is Cc1ccc(Nc2cc(C)nc(N)n2)c(C)c1. The van der Waals surface area contributed by atoms with Crippen molar-refractivity contribution in [2.24, 2.45) is 0 Å². The molecule has 0 aliphatic heterocycles. The van der Waals surface area contributed by atoms with Crippen LogP contribution in [-0.2, 0) is 0 Å². The number of aryl methyl sites for hydroxylation is 3. The molecule has 3 N–H and O–H groups in total. The van der Waals surface area contributed by atoms with E-state index in [2.05, 4.69) is 41.3 Å². The lowest BCUT2D eigenvalue weighted by Gasteiger charge is -2.10. The average molecular weight is 228 g/mol. The zero-order valence-corrected chi connectivity index (χ0v) is 10.3. The Morgan fingerprint density at radius 3 is 2.47 bits per heavy atom. The number of aromatic nitrogens is 2. The quantitative estimate of drug-likeness (QED) is 0.829. The van der Waals surface area contributed by atoms with Crippen LogP contribution in [0, 0.1) is 20.8 Å². The second-order valence-corrected chi connectivity index (χ2v) is 4.20. The Morgan fingerprint density at radius 2 is 1.82 bits per heavy atom. The van der Waals surface area contributed by atoms with Crippen molar-refractivity contribution in [3.05, 3.63) is 41.1 Å². The zero-order valence-electron chi connectivity index (χ0n) is 10.3. The molecule has 0 bridgehead atoms. The summed E-state index contributed by atoms with van der Waals surface area (Å²) in [6.45, 7) is 6.03. The summed E-state index contributed by atoms with van der Waals surface area (Å²) in [6.07, 6.45) is 0. The number of rotatable bonds is 2. The zero-order chi connectivity index (χ0) is 12.4.